The minimum absolute atomic E-state index is 0.127. The number of hydrogen-bond acceptors (Lipinski definition) is 6. The van der Waals surface area contributed by atoms with E-state index in [-0.39, 0.29) is 24.7 Å². The summed E-state index contributed by atoms with van der Waals surface area (Å²) in [6, 6.07) is 16.1. The average Bonchev–Trinajstić information content (AvgIpc) is 2.87. The third kappa shape index (κ3) is 4.23. The van der Waals surface area contributed by atoms with Crippen LogP contribution in [-0.2, 0) is 20.9 Å². The Labute approximate surface area is 209 Å². The number of carbonyl (C=O) groups is 2. The van der Waals surface area contributed by atoms with Crippen molar-refractivity contribution >= 4 is 45.4 Å². The lowest BCUT2D eigenvalue weighted by Gasteiger charge is -2.37. The number of rotatable bonds is 6. The van der Waals surface area contributed by atoms with Crippen LogP contribution < -0.4 is 14.4 Å². The van der Waals surface area contributed by atoms with Crippen molar-refractivity contribution in [1.29, 1.82) is 0 Å². The molecule has 6 nitrogen and oxygen atoms in total. The molecule has 0 fully saturated rings. The van der Waals surface area contributed by atoms with Crippen molar-refractivity contribution in [2.75, 3.05) is 25.2 Å². The number of nitrogens with zero attached hydrogens (tertiary/aromatic N) is 1. The lowest BCUT2D eigenvalue weighted by molar-refractivity contribution is -0.145. The Hall–Kier alpha value is -3.51. The van der Waals surface area contributed by atoms with E-state index in [2.05, 4.69) is 24.3 Å². The van der Waals surface area contributed by atoms with Crippen LogP contribution in [0, 0.1) is 0 Å². The lowest BCUT2D eigenvalue weighted by atomic mass is 9.81. The molecule has 1 heterocycles. The van der Waals surface area contributed by atoms with E-state index in [1.807, 2.05) is 17.0 Å². The molecule has 7 heteroatoms. The second-order valence-corrected chi connectivity index (χ2v) is 8.97. The maximum atomic E-state index is 13.3. The van der Waals surface area contributed by atoms with E-state index in [1.165, 1.54) is 18.1 Å². The molecule has 35 heavy (non-hydrogen) atoms. The largest absolute Gasteiger partial charge is 0.493 e. The third-order valence-electron chi connectivity index (χ3n) is 6.46. The first kappa shape index (κ1) is 23.2. The molecular formula is C28H26ClNO5. The number of ether oxygens (including phenoxy) is 3. The Morgan fingerprint density at radius 2 is 1.94 bits per heavy atom. The Morgan fingerprint density at radius 3 is 2.74 bits per heavy atom. The zero-order chi connectivity index (χ0) is 24.5. The van der Waals surface area contributed by atoms with E-state index >= 15 is 0 Å². The van der Waals surface area contributed by atoms with Crippen molar-refractivity contribution in [3.8, 4) is 11.5 Å². The van der Waals surface area contributed by atoms with Gasteiger partial charge in [-0.25, -0.2) is 4.79 Å². The van der Waals surface area contributed by atoms with Crippen molar-refractivity contribution in [3.63, 3.8) is 0 Å². The molecule has 0 spiro atoms. The van der Waals surface area contributed by atoms with Crippen molar-refractivity contribution in [2.45, 2.75) is 32.7 Å². The standard InChI is InChI=1S/C28H26ClNO5/c1-3-34-25(32)16-35-28-22(29)13-19(14-24(28)33-2)30-15-18-12-11-17-7-4-5-8-20(17)26(18)21-9-6-10-23(31)27(21)30/h4-5,7-8,11-14H,3,6,9-10,15-16H2,1-2H3. The van der Waals surface area contributed by atoms with E-state index in [1.54, 1.807) is 19.1 Å². The van der Waals surface area contributed by atoms with Gasteiger partial charge in [0.15, 0.2) is 23.9 Å². The number of benzene rings is 3. The Morgan fingerprint density at radius 1 is 1.11 bits per heavy atom. The zero-order valence-corrected chi connectivity index (χ0v) is 20.5. The van der Waals surface area contributed by atoms with Gasteiger partial charge in [0, 0.05) is 24.7 Å². The van der Waals surface area contributed by atoms with Gasteiger partial charge < -0.3 is 19.1 Å². The molecule has 2 aliphatic rings. The quantitative estimate of drug-likeness (QED) is 0.398. The molecule has 0 unspecified atom stereocenters. The summed E-state index contributed by atoms with van der Waals surface area (Å²) in [6.07, 6.45) is 2.18. The minimum atomic E-state index is -0.489. The molecule has 3 aromatic carbocycles. The molecule has 0 N–H and O–H groups in total. The van der Waals surface area contributed by atoms with E-state index in [4.69, 9.17) is 25.8 Å². The summed E-state index contributed by atoms with van der Waals surface area (Å²) in [5.74, 6) is 0.282. The van der Waals surface area contributed by atoms with Crippen LogP contribution in [0.1, 0.15) is 37.3 Å². The number of fused-ring (bicyclic) bond motifs is 4. The van der Waals surface area contributed by atoms with Gasteiger partial charge in [-0.2, -0.15) is 0 Å². The van der Waals surface area contributed by atoms with Gasteiger partial charge in [-0.3, -0.25) is 4.79 Å². The van der Waals surface area contributed by atoms with Crippen molar-refractivity contribution < 1.29 is 23.8 Å². The highest BCUT2D eigenvalue weighted by molar-refractivity contribution is 6.32. The van der Waals surface area contributed by atoms with Crippen molar-refractivity contribution in [1.82, 2.24) is 0 Å². The topological polar surface area (TPSA) is 65.1 Å². The molecule has 3 aromatic rings. The predicted octanol–water partition coefficient (Wildman–Crippen LogP) is 5.93. The number of allylic oxidation sites excluding steroid dienone is 2. The second kappa shape index (κ2) is 9.62. The number of Topliss-reactive ketones (excluding diaryl/α,β-unsaturated/α-hetero) is 1. The average molecular weight is 492 g/mol. The monoisotopic (exact) mass is 491 g/mol. The summed E-state index contributed by atoms with van der Waals surface area (Å²) < 4.78 is 16.1. The Kier molecular flexibility index (Phi) is 6.39. The van der Waals surface area contributed by atoms with E-state index < -0.39 is 5.97 Å². The van der Waals surface area contributed by atoms with Crippen LogP contribution >= 0.6 is 11.6 Å². The molecule has 5 rings (SSSR count). The molecule has 0 saturated carbocycles. The molecule has 180 valence electrons. The highest BCUT2D eigenvalue weighted by Gasteiger charge is 2.34. The number of anilines is 1. The van der Waals surface area contributed by atoms with Gasteiger partial charge in [0.25, 0.3) is 0 Å². The normalized spacial score (nSPS) is 15.1. The van der Waals surface area contributed by atoms with Crippen LogP contribution in [0.2, 0.25) is 5.02 Å². The third-order valence-corrected chi connectivity index (χ3v) is 6.74. The van der Waals surface area contributed by atoms with Gasteiger partial charge in [-0.05, 0) is 53.3 Å². The maximum absolute atomic E-state index is 13.3. The van der Waals surface area contributed by atoms with Gasteiger partial charge in [-0.1, -0.05) is 48.0 Å². The number of esters is 1. The highest BCUT2D eigenvalue weighted by Crippen LogP contribution is 2.46. The first-order chi connectivity index (χ1) is 17.0. The Bertz CT molecular complexity index is 1360. The number of carbonyl (C=O) groups excluding carboxylic acids is 2. The fraction of sp³-hybridized carbons (Fsp3) is 0.286. The molecular weight excluding hydrogens is 466 g/mol. The van der Waals surface area contributed by atoms with Crippen molar-refractivity contribution in [2.24, 2.45) is 0 Å². The first-order valence-corrected chi connectivity index (χ1v) is 12.1. The van der Waals surface area contributed by atoms with Crippen LogP contribution in [0.5, 0.6) is 11.5 Å². The van der Waals surface area contributed by atoms with Gasteiger partial charge in [0.2, 0.25) is 0 Å². The number of methoxy groups -OCH3 is 1. The molecule has 0 bridgehead atoms. The zero-order valence-electron chi connectivity index (χ0n) is 19.7. The highest BCUT2D eigenvalue weighted by atomic mass is 35.5. The lowest BCUT2D eigenvalue weighted by Crippen LogP contribution is -2.34. The SMILES string of the molecule is CCOC(=O)COc1c(Cl)cc(N2Cc3ccc4ccccc4c3C3=C2C(=O)CCC3)cc1OC. The van der Waals surface area contributed by atoms with Gasteiger partial charge in [0.05, 0.1) is 24.4 Å². The molecule has 0 aromatic heterocycles. The summed E-state index contributed by atoms with van der Waals surface area (Å²) in [5, 5.41) is 2.63. The first-order valence-electron chi connectivity index (χ1n) is 11.7. The number of hydrogen-bond donors (Lipinski definition) is 0. The maximum Gasteiger partial charge on any atom is 0.344 e. The molecule has 0 atom stereocenters. The fourth-order valence-corrected chi connectivity index (χ4v) is 5.26. The summed E-state index contributed by atoms with van der Waals surface area (Å²) >= 11 is 6.60. The van der Waals surface area contributed by atoms with Crippen LogP contribution in [0.15, 0.2) is 54.2 Å². The van der Waals surface area contributed by atoms with Crippen LogP contribution in [-0.4, -0.2) is 32.1 Å². The second-order valence-electron chi connectivity index (χ2n) is 8.56. The molecule has 1 aliphatic carbocycles. The summed E-state index contributed by atoms with van der Waals surface area (Å²) in [7, 11) is 1.51. The van der Waals surface area contributed by atoms with Crippen LogP contribution in [0.3, 0.4) is 0 Å². The van der Waals surface area contributed by atoms with E-state index in [0.717, 1.165) is 40.7 Å². The van der Waals surface area contributed by atoms with Crippen LogP contribution in [0.25, 0.3) is 16.3 Å². The van der Waals surface area contributed by atoms with Gasteiger partial charge in [0.1, 0.15) is 0 Å². The predicted molar refractivity (Wildman–Crippen MR) is 136 cm³/mol. The summed E-state index contributed by atoms with van der Waals surface area (Å²) in [6.45, 7) is 2.26. The van der Waals surface area contributed by atoms with Crippen LogP contribution in [0.4, 0.5) is 5.69 Å². The summed E-state index contributed by atoms with van der Waals surface area (Å²) in [5.41, 5.74) is 4.87. The van der Waals surface area contributed by atoms with Crippen molar-refractivity contribution in [3.05, 3.63) is 70.4 Å². The number of ketones is 1. The molecule has 0 amide bonds. The van der Waals surface area contributed by atoms with E-state index in [0.29, 0.717) is 23.7 Å². The van der Waals surface area contributed by atoms with E-state index in [9.17, 15) is 9.59 Å². The Balaban J connectivity index is 1.59. The number of halogens is 1. The summed E-state index contributed by atoms with van der Waals surface area (Å²) in [4.78, 5) is 27.1. The van der Waals surface area contributed by atoms with Gasteiger partial charge in [-0.15, -0.1) is 0 Å². The smallest absolute Gasteiger partial charge is 0.344 e. The molecule has 0 saturated heterocycles. The fourth-order valence-electron chi connectivity index (χ4n) is 5.00. The minimum Gasteiger partial charge on any atom is -0.493 e. The molecule has 1 aliphatic heterocycles. The van der Waals surface area contributed by atoms with Gasteiger partial charge >= 0.3 is 5.97 Å². The molecule has 0 radical (unpaired) electrons.